The molecule has 0 saturated heterocycles. The second-order valence-electron chi connectivity index (χ2n) is 8.39. The Morgan fingerprint density at radius 1 is 1.04 bits per heavy atom. The molecule has 4 heteroatoms. The number of rotatable bonds is 4. The molecule has 2 fully saturated rings. The highest BCUT2D eigenvalue weighted by atomic mass is 19.1. The molecule has 2 aromatic carbocycles. The number of hydrogen-bond acceptors (Lipinski definition) is 2. The lowest BCUT2D eigenvalue weighted by Crippen LogP contribution is -2.45. The molecule has 2 aromatic rings. The van der Waals surface area contributed by atoms with Gasteiger partial charge in [0.05, 0.1) is 0 Å². The SMILES string of the molecule is CNC(=O)c1ccc(Oc2ccc(C3(C)C4CCCC3CCC4)cc2)c(F)c1. The average molecular weight is 381 g/mol. The maximum atomic E-state index is 14.3. The molecular formula is C24H28FNO2. The molecule has 4 rings (SSSR count). The van der Waals surface area contributed by atoms with Crippen LogP contribution in [0.4, 0.5) is 4.39 Å². The second kappa shape index (κ2) is 7.57. The lowest BCUT2D eigenvalue weighted by Gasteiger charge is -2.52. The number of hydrogen-bond donors (Lipinski definition) is 1. The number of nitrogens with one attached hydrogen (secondary N) is 1. The number of carbonyl (C=O) groups excluding carboxylic acids is 1. The summed E-state index contributed by atoms with van der Waals surface area (Å²) in [7, 11) is 1.52. The van der Waals surface area contributed by atoms with Crippen LogP contribution in [0, 0.1) is 17.7 Å². The first kappa shape index (κ1) is 19.0. The van der Waals surface area contributed by atoms with Gasteiger partial charge < -0.3 is 10.1 Å². The van der Waals surface area contributed by atoms with Crippen LogP contribution in [0.25, 0.3) is 0 Å². The van der Waals surface area contributed by atoms with E-state index >= 15 is 0 Å². The third-order valence-electron chi connectivity index (χ3n) is 7.03. The second-order valence-corrected chi connectivity index (χ2v) is 8.39. The van der Waals surface area contributed by atoms with E-state index in [1.165, 1.54) is 63.3 Å². The smallest absolute Gasteiger partial charge is 0.251 e. The Kier molecular flexibility index (Phi) is 5.13. The normalized spacial score (nSPS) is 26.5. The Morgan fingerprint density at radius 2 is 1.64 bits per heavy atom. The molecule has 2 bridgehead atoms. The minimum atomic E-state index is -0.543. The first-order valence-electron chi connectivity index (χ1n) is 10.3. The van der Waals surface area contributed by atoms with Gasteiger partial charge in [0, 0.05) is 12.6 Å². The van der Waals surface area contributed by atoms with E-state index in [1.807, 2.05) is 12.1 Å². The fourth-order valence-electron chi connectivity index (χ4n) is 5.39. The van der Waals surface area contributed by atoms with Crippen molar-refractivity contribution >= 4 is 5.91 Å². The van der Waals surface area contributed by atoms with Gasteiger partial charge in [0.15, 0.2) is 11.6 Å². The maximum Gasteiger partial charge on any atom is 0.251 e. The van der Waals surface area contributed by atoms with Gasteiger partial charge in [0.1, 0.15) is 5.75 Å². The van der Waals surface area contributed by atoms with Gasteiger partial charge in [-0.2, -0.15) is 0 Å². The summed E-state index contributed by atoms with van der Waals surface area (Å²) >= 11 is 0. The van der Waals surface area contributed by atoms with Gasteiger partial charge in [-0.05, 0) is 78.8 Å². The van der Waals surface area contributed by atoms with Gasteiger partial charge in [0.25, 0.3) is 5.91 Å². The van der Waals surface area contributed by atoms with Crippen molar-refractivity contribution in [2.24, 2.45) is 11.8 Å². The summed E-state index contributed by atoms with van der Waals surface area (Å²) in [5, 5.41) is 2.49. The number of ether oxygens (including phenoxy) is 1. The summed E-state index contributed by atoms with van der Waals surface area (Å²) in [6.45, 7) is 2.44. The van der Waals surface area contributed by atoms with Gasteiger partial charge >= 0.3 is 0 Å². The van der Waals surface area contributed by atoms with E-state index < -0.39 is 5.82 Å². The Bertz CT molecular complexity index is 839. The number of carbonyl (C=O) groups is 1. The zero-order valence-corrected chi connectivity index (χ0v) is 16.6. The molecule has 1 amide bonds. The molecule has 0 unspecified atom stereocenters. The van der Waals surface area contributed by atoms with E-state index in [-0.39, 0.29) is 22.6 Å². The van der Waals surface area contributed by atoms with Gasteiger partial charge in [-0.3, -0.25) is 4.79 Å². The number of halogens is 1. The molecule has 2 aliphatic rings. The summed E-state index contributed by atoms with van der Waals surface area (Å²) in [5.74, 6) is 1.41. The first-order valence-corrected chi connectivity index (χ1v) is 10.3. The fraction of sp³-hybridized carbons (Fsp3) is 0.458. The molecule has 3 nitrogen and oxygen atoms in total. The van der Waals surface area contributed by atoms with Crippen LogP contribution in [-0.4, -0.2) is 13.0 Å². The van der Waals surface area contributed by atoms with Crippen molar-refractivity contribution in [2.45, 2.75) is 50.9 Å². The molecule has 1 N–H and O–H groups in total. The van der Waals surface area contributed by atoms with Crippen molar-refractivity contribution in [1.29, 1.82) is 0 Å². The van der Waals surface area contributed by atoms with Crippen molar-refractivity contribution < 1.29 is 13.9 Å². The minimum Gasteiger partial charge on any atom is -0.454 e. The van der Waals surface area contributed by atoms with Crippen molar-refractivity contribution in [3.05, 3.63) is 59.4 Å². The summed E-state index contributed by atoms with van der Waals surface area (Å²) in [5.41, 5.74) is 1.90. The number of benzene rings is 2. The van der Waals surface area contributed by atoms with E-state index in [0.29, 0.717) is 5.75 Å². The Hall–Kier alpha value is -2.36. The monoisotopic (exact) mass is 381 g/mol. The molecule has 0 spiro atoms. The van der Waals surface area contributed by atoms with Crippen molar-refractivity contribution in [2.75, 3.05) is 7.05 Å². The van der Waals surface area contributed by atoms with Crippen LogP contribution in [0.5, 0.6) is 11.5 Å². The predicted molar refractivity (Wildman–Crippen MR) is 108 cm³/mol. The summed E-state index contributed by atoms with van der Waals surface area (Å²) in [6, 6.07) is 12.5. The highest BCUT2D eigenvalue weighted by molar-refractivity contribution is 5.94. The van der Waals surface area contributed by atoms with E-state index in [0.717, 1.165) is 11.8 Å². The quantitative estimate of drug-likeness (QED) is 0.723. The highest BCUT2D eigenvalue weighted by Crippen LogP contribution is 2.54. The van der Waals surface area contributed by atoms with Crippen LogP contribution < -0.4 is 10.1 Å². The standard InChI is InChI=1S/C24H28FNO2/c1-24(17-5-3-6-18(24)8-4-7-17)19-10-12-20(13-11-19)28-22-14-9-16(15-21(22)25)23(27)26-2/h9-15,17-18H,3-8H2,1-2H3,(H,26,27). The van der Waals surface area contributed by atoms with E-state index in [1.54, 1.807) is 6.07 Å². The summed E-state index contributed by atoms with van der Waals surface area (Å²) in [4.78, 5) is 11.6. The molecule has 0 aliphatic heterocycles. The van der Waals surface area contributed by atoms with Gasteiger partial charge in [-0.25, -0.2) is 4.39 Å². The van der Waals surface area contributed by atoms with Gasteiger partial charge in [-0.15, -0.1) is 0 Å². The zero-order valence-electron chi connectivity index (χ0n) is 16.6. The lowest BCUT2D eigenvalue weighted by molar-refractivity contribution is 0.0666. The molecule has 0 aromatic heterocycles. The Balaban J connectivity index is 1.53. The zero-order chi connectivity index (χ0) is 19.7. The fourth-order valence-corrected chi connectivity index (χ4v) is 5.39. The summed E-state index contributed by atoms with van der Waals surface area (Å²) < 4.78 is 20.1. The van der Waals surface area contributed by atoms with Crippen LogP contribution in [-0.2, 0) is 5.41 Å². The molecule has 0 heterocycles. The Morgan fingerprint density at radius 3 is 2.18 bits per heavy atom. The van der Waals surface area contributed by atoms with Crippen LogP contribution in [0.3, 0.4) is 0 Å². The Labute approximate surface area is 166 Å². The van der Waals surface area contributed by atoms with Crippen LogP contribution in [0.1, 0.15) is 61.4 Å². The predicted octanol–water partition coefficient (Wildman–Crippen LogP) is 5.84. The van der Waals surface area contributed by atoms with Crippen molar-refractivity contribution in [3.63, 3.8) is 0 Å². The number of fused-ring (bicyclic) bond motifs is 2. The van der Waals surface area contributed by atoms with E-state index in [4.69, 9.17) is 4.74 Å². The van der Waals surface area contributed by atoms with Gasteiger partial charge in [0.2, 0.25) is 0 Å². The highest BCUT2D eigenvalue weighted by Gasteiger charge is 2.46. The van der Waals surface area contributed by atoms with E-state index in [9.17, 15) is 9.18 Å². The molecular weight excluding hydrogens is 353 g/mol. The minimum absolute atomic E-state index is 0.126. The molecule has 148 valence electrons. The van der Waals surface area contributed by atoms with Crippen LogP contribution >= 0.6 is 0 Å². The van der Waals surface area contributed by atoms with Crippen LogP contribution in [0.15, 0.2) is 42.5 Å². The molecule has 2 saturated carbocycles. The largest absolute Gasteiger partial charge is 0.454 e. The van der Waals surface area contributed by atoms with E-state index in [2.05, 4.69) is 24.4 Å². The van der Waals surface area contributed by atoms with Crippen LogP contribution in [0.2, 0.25) is 0 Å². The van der Waals surface area contributed by atoms with Gasteiger partial charge in [-0.1, -0.05) is 31.9 Å². The third kappa shape index (κ3) is 3.30. The number of amides is 1. The van der Waals surface area contributed by atoms with Crippen molar-refractivity contribution in [1.82, 2.24) is 5.32 Å². The summed E-state index contributed by atoms with van der Waals surface area (Å²) in [6.07, 6.45) is 8.03. The average Bonchev–Trinajstić information content (AvgIpc) is 2.69. The third-order valence-corrected chi connectivity index (χ3v) is 7.03. The van der Waals surface area contributed by atoms with Crippen molar-refractivity contribution in [3.8, 4) is 11.5 Å². The molecule has 2 aliphatic carbocycles. The lowest BCUT2D eigenvalue weighted by atomic mass is 9.53. The molecule has 0 radical (unpaired) electrons. The maximum absolute atomic E-state index is 14.3. The topological polar surface area (TPSA) is 38.3 Å². The first-order chi connectivity index (χ1) is 13.5. The molecule has 28 heavy (non-hydrogen) atoms. The molecule has 0 atom stereocenters.